The highest BCUT2D eigenvalue weighted by Gasteiger charge is 2.42. The molecule has 6 aromatic carbocycles. The molecule has 0 unspecified atom stereocenters. The van der Waals surface area contributed by atoms with Crippen molar-refractivity contribution in [2.75, 3.05) is 68.9 Å². The van der Waals surface area contributed by atoms with E-state index in [2.05, 4.69) is 22.8 Å². The third kappa shape index (κ3) is 13.1. The zero-order chi connectivity index (χ0) is 57.6. The zero-order valence-corrected chi connectivity index (χ0v) is 47.2. The Labute approximate surface area is 479 Å². The molecule has 0 aromatic heterocycles. The van der Waals surface area contributed by atoms with Crippen LogP contribution in [0.1, 0.15) is 104 Å². The predicted molar refractivity (Wildman–Crippen MR) is 311 cm³/mol. The Balaban J connectivity index is 0.000000196. The van der Waals surface area contributed by atoms with E-state index >= 15 is 0 Å². The first-order valence-electron chi connectivity index (χ1n) is 26.6. The average molecular weight is 1140 g/mol. The first-order chi connectivity index (χ1) is 38.9. The van der Waals surface area contributed by atoms with Crippen molar-refractivity contribution in [3.8, 4) is 11.5 Å². The molecule has 2 fully saturated rings. The maximum absolute atomic E-state index is 13.9. The quantitative estimate of drug-likeness (QED) is 0.0773. The van der Waals surface area contributed by atoms with E-state index in [1.807, 2.05) is 60.4 Å². The van der Waals surface area contributed by atoms with Crippen molar-refractivity contribution < 1.29 is 47.0 Å². The van der Waals surface area contributed by atoms with Gasteiger partial charge in [-0.25, -0.2) is 13.6 Å². The van der Waals surface area contributed by atoms with Gasteiger partial charge in [0.15, 0.2) is 0 Å². The lowest BCUT2D eigenvalue weighted by Gasteiger charge is -2.27. The SMILES string of the molecule is COC(=O)C=C1CC[C@@]2(CCN(C(=O)c3ccc(NC(=O)c4cc(F)ccc4Cl)c(OC)c3)c3ccccc3C2)C1.COc1cc(C(=O)N2CC[C@@]3(CCC(=NN(C)C)C3)Cc3ccccc32)ccc1NC(=O)c1cc(F)ccc1Cl. The lowest BCUT2D eigenvalue weighted by Crippen LogP contribution is -2.33. The molecule has 14 nitrogen and oxygen atoms in total. The minimum absolute atomic E-state index is 0.00433. The van der Waals surface area contributed by atoms with E-state index in [0.29, 0.717) is 41.3 Å². The highest BCUT2D eigenvalue weighted by atomic mass is 35.5. The number of benzene rings is 6. The number of hydrogen-bond donors (Lipinski definition) is 2. The number of esters is 1. The second-order valence-electron chi connectivity index (χ2n) is 21.2. The summed E-state index contributed by atoms with van der Waals surface area (Å²) in [5.74, 6) is -2.41. The molecule has 0 saturated heterocycles. The van der Waals surface area contributed by atoms with Gasteiger partial charge in [0.05, 0.1) is 53.9 Å². The molecule has 2 spiro atoms. The number of hydrogen-bond acceptors (Lipinski definition) is 10. The molecule has 2 heterocycles. The number of ether oxygens (including phenoxy) is 3. The molecule has 2 atom stereocenters. The van der Waals surface area contributed by atoms with E-state index in [1.165, 1.54) is 51.3 Å². The van der Waals surface area contributed by atoms with Gasteiger partial charge in [-0.15, -0.1) is 0 Å². The summed E-state index contributed by atoms with van der Waals surface area (Å²) >= 11 is 12.2. The van der Waals surface area contributed by atoms with Crippen LogP contribution in [0.3, 0.4) is 0 Å². The number of amides is 4. The van der Waals surface area contributed by atoms with Crippen LogP contribution in [-0.2, 0) is 22.4 Å². The number of anilines is 4. The fraction of sp³-hybridized carbons (Fsp3) is 0.302. The molecule has 420 valence electrons. The third-order valence-corrected chi connectivity index (χ3v) is 16.3. The number of allylic oxidation sites excluding steroid dienone is 1. The first kappa shape index (κ1) is 57.6. The van der Waals surface area contributed by atoms with Crippen LogP contribution in [0.2, 0.25) is 10.0 Å². The van der Waals surface area contributed by atoms with Crippen molar-refractivity contribution in [2.24, 2.45) is 15.9 Å². The molecule has 0 radical (unpaired) electrons. The van der Waals surface area contributed by atoms with Gasteiger partial charge in [0.1, 0.15) is 23.1 Å². The smallest absolute Gasteiger partial charge is 0.330 e. The van der Waals surface area contributed by atoms with Crippen LogP contribution in [0, 0.1) is 22.5 Å². The summed E-state index contributed by atoms with van der Waals surface area (Å²) in [5.41, 5.74) is 7.82. The van der Waals surface area contributed by atoms with Crippen molar-refractivity contribution in [3.05, 3.63) is 188 Å². The molecular weight excluding hydrogens is 1080 g/mol. The van der Waals surface area contributed by atoms with Gasteiger partial charge in [-0.1, -0.05) is 65.2 Å². The summed E-state index contributed by atoms with van der Waals surface area (Å²) in [4.78, 5) is 68.9. The van der Waals surface area contributed by atoms with Crippen LogP contribution in [-0.4, -0.2) is 88.8 Å². The topological polar surface area (TPSA) is 159 Å². The summed E-state index contributed by atoms with van der Waals surface area (Å²) in [6.07, 6.45) is 10.5. The number of hydrazone groups is 1. The summed E-state index contributed by atoms with van der Waals surface area (Å²) in [6.45, 7) is 1.10. The minimum Gasteiger partial charge on any atom is -0.495 e. The van der Waals surface area contributed by atoms with Crippen LogP contribution in [0.4, 0.5) is 31.5 Å². The summed E-state index contributed by atoms with van der Waals surface area (Å²) in [7, 11) is 8.18. The normalized spacial score (nSPS) is 19.2. The summed E-state index contributed by atoms with van der Waals surface area (Å²) in [5, 5.41) is 12.2. The Hall–Kier alpha value is -8.08. The van der Waals surface area contributed by atoms with Gasteiger partial charge in [0.25, 0.3) is 23.6 Å². The second-order valence-corrected chi connectivity index (χ2v) is 22.0. The van der Waals surface area contributed by atoms with Gasteiger partial charge in [-0.3, -0.25) is 19.2 Å². The van der Waals surface area contributed by atoms with Crippen molar-refractivity contribution in [1.82, 2.24) is 5.01 Å². The lowest BCUT2D eigenvalue weighted by molar-refractivity contribution is -0.134. The van der Waals surface area contributed by atoms with Crippen LogP contribution < -0.4 is 29.9 Å². The predicted octanol–water partition coefficient (Wildman–Crippen LogP) is 13.0. The summed E-state index contributed by atoms with van der Waals surface area (Å²) in [6, 6.07) is 32.8. The maximum atomic E-state index is 13.9. The minimum atomic E-state index is -0.601. The van der Waals surface area contributed by atoms with Gasteiger partial charge in [0, 0.05) is 61.5 Å². The van der Waals surface area contributed by atoms with E-state index < -0.39 is 23.4 Å². The molecule has 2 aliphatic carbocycles. The molecule has 0 bridgehead atoms. The Kier molecular flexibility index (Phi) is 17.6. The van der Waals surface area contributed by atoms with E-state index in [0.717, 1.165) is 104 Å². The molecule has 18 heteroatoms. The van der Waals surface area contributed by atoms with E-state index in [9.17, 15) is 32.8 Å². The summed E-state index contributed by atoms with van der Waals surface area (Å²) < 4.78 is 43.2. The van der Waals surface area contributed by atoms with Gasteiger partial charge in [0.2, 0.25) is 0 Å². The first-order valence-corrected chi connectivity index (χ1v) is 27.3. The van der Waals surface area contributed by atoms with E-state index in [4.69, 9.17) is 42.5 Å². The van der Waals surface area contributed by atoms with Crippen molar-refractivity contribution >= 4 is 81.3 Å². The molecule has 2 saturated carbocycles. The Morgan fingerprint density at radius 1 is 0.593 bits per heavy atom. The third-order valence-electron chi connectivity index (χ3n) is 15.6. The molecule has 4 amide bonds. The number of methoxy groups -OCH3 is 3. The van der Waals surface area contributed by atoms with Crippen molar-refractivity contribution in [3.63, 3.8) is 0 Å². The highest BCUT2D eigenvalue weighted by molar-refractivity contribution is 6.35. The van der Waals surface area contributed by atoms with Crippen LogP contribution in [0.25, 0.3) is 0 Å². The number of fused-ring (bicyclic) bond motifs is 2. The molecule has 2 aliphatic heterocycles. The Morgan fingerprint density at radius 3 is 1.53 bits per heavy atom. The zero-order valence-electron chi connectivity index (χ0n) is 45.7. The van der Waals surface area contributed by atoms with Gasteiger partial charge < -0.3 is 39.7 Å². The molecule has 81 heavy (non-hydrogen) atoms. The van der Waals surface area contributed by atoms with Crippen LogP contribution in [0.15, 0.2) is 138 Å². The number of carbonyl (C=O) groups excluding carboxylic acids is 5. The number of rotatable bonds is 10. The number of nitrogens with one attached hydrogen (secondary N) is 2. The maximum Gasteiger partial charge on any atom is 0.330 e. The van der Waals surface area contributed by atoms with Crippen molar-refractivity contribution in [1.29, 1.82) is 0 Å². The van der Waals surface area contributed by atoms with Gasteiger partial charge in [-0.2, -0.15) is 5.10 Å². The molecule has 2 N–H and O–H groups in total. The van der Waals surface area contributed by atoms with Gasteiger partial charge >= 0.3 is 5.97 Å². The van der Waals surface area contributed by atoms with Gasteiger partial charge in [-0.05, 0) is 171 Å². The van der Waals surface area contributed by atoms with Crippen molar-refractivity contribution in [2.45, 2.75) is 64.2 Å². The van der Waals surface area contributed by atoms with Crippen LogP contribution >= 0.6 is 23.2 Å². The standard InChI is InChI=1S/C32H30ClFN2O5.C31H32ClFN4O3/c1-40-28-16-21(7-10-26(28)35-30(38)24-17-23(34)8-9-25(24)33)31(39)36-14-13-32(19-22-5-3-4-6-27(22)36)12-11-20(18-32)15-29(37)41-2;1-36(2)35-23-12-13-31(19-23)14-15-37(27-7-5-4-6-21(27)18-31)30(39)20-8-11-26(28(16-20)40-3)34-29(38)24-17-22(33)9-10-25(24)32/h3-10,15-17H,11-14,18-19H2,1-2H3,(H,35,38);4-11,16-17H,12-15,18-19H2,1-3H3,(H,34,38)/t32-;31-/m10/s1. The number of nitrogens with zero attached hydrogens (tertiary/aromatic N) is 4. The monoisotopic (exact) mass is 1140 g/mol. The second kappa shape index (κ2) is 24.7. The molecule has 10 rings (SSSR count). The molecule has 6 aromatic rings. The number of halogens is 4. The van der Waals surface area contributed by atoms with E-state index in [1.54, 1.807) is 47.4 Å². The molecular formula is C63H62Cl2F2N6O8. The van der Waals surface area contributed by atoms with Crippen LogP contribution in [0.5, 0.6) is 11.5 Å². The Morgan fingerprint density at radius 2 is 1.06 bits per heavy atom. The average Bonchev–Trinajstić information content (AvgIpc) is 4.00. The highest BCUT2D eigenvalue weighted by Crippen LogP contribution is 2.50. The number of para-hydroxylation sites is 2. The largest absolute Gasteiger partial charge is 0.495 e. The van der Waals surface area contributed by atoms with E-state index in [-0.39, 0.29) is 55.5 Å². The lowest BCUT2D eigenvalue weighted by atomic mass is 9.77. The fourth-order valence-electron chi connectivity index (χ4n) is 11.6. The Bertz CT molecular complexity index is 3500. The fourth-order valence-corrected chi connectivity index (χ4v) is 12.0. The number of carbonyl (C=O) groups is 5. The molecule has 4 aliphatic rings.